The number of fused-ring (bicyclic) bond motifs is 1. The third-order valence-corrected chi connectivity index (χ3v) is 8.41. The van der Waals surface area contributed by atoms with Crippen molar-refractivity contribution >= 4 is 42.7 Å². The second-order valence-electron chi connectivity index (χ2n) is 7.13. The first-order valence-electron chi connectivity index (χ1n) is 9.51. The molecule has 0 unspecified atom stereocenters. The Labute approximate surface area is 188 Å². The molecule has 0 bridgehead atoms. The SMILES string of the molecule is NC[C@H](CO)S(=O)(=O)c1ccc(-c2cccc3[nH]c(N)nc23)c(C2=NCN=N2)c1S(N)(=O)=O. The number of amidine groups is 1. The molecule has 0 saturated carbocycles. The van der Waals surface area contributed by atoms with Crippen molar-refractivity contribution in [3.8, 4) is 11.1 Å². The topological polar surface area (TPSA) is 232 Å². The molecule has 0 radical (unpaired) electrons. The Bertz CT molecular complexity index is 1520. The molecule has 1 aliphatic rings. The van der Waals surface area contributed by atoms with Crippen LogP contribution in [0.1, 0.15) is 5.56 Å². The first-order valence-corrected chi connectivity index (χ1v) is 12.6. The zero-order valence-electron chi connectivity index (χ0n) is 17.0. The average Bonchev–Trinajstić information content (AvgIpc) is 3.41. The first-order chi connectivity index (χ1) is 15.6. The number of aromatic amines is 1. The van der Waals surface area contributed by atoms with Gasteiger partial charge in [0.25, 0.3) is 0 Å². The lowest BCUT2D eigenvalue weighted by Gasteiger charge is -2.19. The second kappa shape index (κ2) is 8.27. The molecule has 0 spiro atoms. The van der Waals surface area contributed by atoms with E-state index in [4.69, 9.17) is 16.6 Å². The number of hydrogen-bond acceptors (Lipinski definition) is 11. The summed E-state index contributed by atoms with van der Waals surface area (Å²) in [7, 11) is -9.06. The fourth-order valence-electron chi connectivity index (χ4n) is 3.62. The van der Waals surface area contributed by atoms with Crippen molar-refractivity contribution in [1.29, 1.82) is 0 Å². The van der Waals surface area contributed by atoms with Crippen molar-refractivity contribution in [2.24, 2.45) is 26.1 Å². The molecule has 2 heterocycles. The molecule has 4 rings (SSSR count). The van der Waals surface area contributed by atoms with Gasteiger partial charge in [-0.05, 0) is 17.7 Å². The number of nitrogens with two attached hydrogens (primary N) is 3. The molecule has 0 saturated heterocycles. The van der Waals surface area contributed by atoms with Gasteiger partial charge in [0.1, 0.15) is 10.1 Å². The van der Waals surface area contributed by atoms with Crippen LogP contribution in [0.25, 0.3) is 22.2 Å². The molecule has 2 aromatic carbocycles. The fraction of sp³-hybridized carbons (Fsp3) is 0.222. The molecular weight excluding hydrogens is 472 g/mol. The lowest BCUT2D eigenvalue weighted by Crippen LogP contribution is -2.34. The quantitative estimate of drug-likeness (QED) is 0.293. The summed E-state index contributed by atoms with van der Waals surface area (Å²) in [6, 6.07) is 7.58. The Balaban J connectivity index is 2.16. The van der Waals surface area contributed by atoms with E-state index in [1.807, 2.05) is 0 Å². The Morgan fingerprint density at radius 1 is 1.12 bits per heavy atom. The number of imidazole rings is 1. The van der Waals surface area contributed by atoms with Gasteiger partial charge in [0.2, 0.25) is 10.0 Å². The van der Waals surface area contributed by atoms with Gasteiger partial charge in [0, 0.05) is 12.1 Å². The number of aliphatic hydroxyl groups is 1. The molecule has 3 aromatic rings. The third-order valence-electron chi connectivity index (χ3n) is 5.11. The van der Waals surface area contributed by atoms with Gasteiger partial charge >= 0.3 is 0 Å². The Morgan fingerprint density at radius 3 is 2.48 bits per heavy atom. The van der Waals surface area contributed by atoms with Gasteiger partial charge in [-0.2, -0.15) is 5.11 Å². The van der Waals surface area contributed by atoms with Gasteiger partial charge in [-0.25, -0.2) is 32.0 Å². The van der Waals surface area contributed by atoms with Crippen LogP contribution < -0.4 is 16.6 Å². The van der Waals surface area contributed by atoms with Gasteiger partial charge in [-0.1, -0.05) is 18.2 Å². The zero-order valence-corrected chi connectivity index (χ0v) is 18.6. The van der Waals surface area contributed by atoms with Crippen LogP contribution in [0, 0.1) is 0 Å². The van der Waals surface area contributed by atoms with Crippen LogP contribution in [0.2, 0.25) is 0 Å². The average molecular weight is 493 g/mol. The van der Waals surface area contributed by atoms with Crippen molar-refractivity contribution in [2.45, 2.75) is 15.0 Å². The number of hydrogen-bond donors (Lipinski definition) is 5. The minimum Gasteiger partial charge on any atom is -0.395 e. The van der Waals surface area contributed by atoms with Crippen LogP contribution in [0.5, 0.6) is 0 Å². The molecule has 8 N–H and O–H groups in total. The van der Waals surface area contributed by atoms with E-state index in [0.717, 1.165) is 6.07 Å². The summed E-state index contributed by atoms with van der Waals surface area (Å²) in [5.41, 5.74) is 12.8. The number of nitrogen functional groups attached to an aromatic ring is 1. The molecule has 1 aliphatic heterocycles. The summed E-state index contributed by atoms with van der Waals surface area (Å²) in [5.74, 6) is 0.0244. The number of sulfone groups is 1. The number of nitrogens with zero attached hydrogens (tertiary/aromatic N) is 4. The number of benzene rings is 2. The van der Waals surface area contributed by atoms with E-state index in [-0.39, 0.29) is 29.6 Å². The number of primary sulfonamides is 1. The summed E-state index contributed by atoms with van der Waals surface area (Å²) in [6.07, 6.45) is 0. The van der Waals surface area contributed by atoms with Gasteiger partial charge in [-0.15, -0.1) is 5.11 Å². The predicted molar refractivity (Wildman–Crippen MR) is 121 cm³/mol. The predicted octanol–water partition coefficient (Wildman–Crippen LogP) is -0.277. The highest BCUT2D eigenvalue weighted by atomic mass is 32.2. The Morgan fingerprint density at radius 2 is 1.88 bits per heavy atom. The second-order valence-corrected chi connectivity index (χ2v) is 10.8. The van der Waals surface area contributed by atoms with Gasteiger partial charge in [0.15, 0.2) is 28.3 Å². The number of para-hydroxylation sites is 1. The number of rotatable bonds is 7. The van der Waals surface area contributed by atoms with E-state index >= 15 is 0 Å². The summed E-state index contributed by atoms with van der Waals surface area (Å²) < 4.78 is 52.0. The van der Waals surface area contributed by atoms with Crippen molar-refractivity contribution < 1.29 is 21.9 Å². The van der Waals surface area contributed by atoms with E-state index in [9.17, 15) is 21.9 Å². The normalized spacial score (nSPS) is 15.2. The fourth-order valence-corrected chi connectivity index (χ4v) is 6.58. The summed E-state index contributed by atoms with van der Waals surface area (Å²) >= 11 is 0. The lowest BCUT2D eigenvalue weighted by atomic mass is 9.97. The number of nitrogens with one attached hydrogen (secondary N) is 1. The Kier molecular flexibility index (Phi) is 5.75. The maximum Gasteiger partial charge on any atom is 0.240 e. The van der Waals surface area contributed by atoms with Crippen molar-refractivity contribution in [3.05, 3.63) is 35.9 Å². The summed E-state index contributed by atoms with van der Waals surface area (Å²) in [6.45, 7) is -1.32. The van der Waals surface area contributed by atoms with Crippen LogP contribution in [0.3, 0.4) is 0 Å². The molecule has 0 fully saturated rings. The maximum atomic E-state index is 13.2. The van der Waals surface area contributed by atoms with E-state index in [2.05, 4.69) is 25.2 Å². The van der Waals surface area contributed by atoms with Crippen LogP contribution in [-0.4, -0.2) is 62.8 Å². The molecule has 13 nitrogen and oxygen atoms in total. The molecular formula is C18H20N8O5S2. The van der Waals surface area contributed by atoms with E-state index in [0.29, 0.717) is 16.6 Å². The molecule has 174 valence electrons. The number of sulfonamides is 1. The first kappa shape index (κ1) is 22.9. The van der Waals surface area contributed by atoms with Crippen LogP contribution in [0.4, 0.5) is 5.95 Å². The van der Waals surface area contributed by atoms with Crippen molar-refractivity contribution in [3.63, 3.8) is 0 Å². The molecule has 1 aromatic heterocycles. The molecule has 15 heteroatoms. The van der Waals surface area contributed by atoms with Gasteiger partial charge in [-0.3, -0.25) is 0 Å². The maximum absolute atomic E-state index is 13.2. The highest BCUT2D eigenvalue weighted by molar-refractivity contribution is 7.94. The zero-order chi connectivity index (χ0) is 24.0. The van der Waals surface area contributed by atoms with Crippen LogP contribution >= 0.6 is 0 Å². The number of aliphatic hydroxyl groups excluding tert-OH is 1. The number of aliphatic imine (C=N–C) groups is 1. The van der Waals surface area contributed by atoms with E-state index in [1.54, 1.807) is 18.2 Å². The van der Waals surface area contributed by atoms with Gasteiger partial charge < -0.3 is 21.6 Å². The number of H-pyrrole nitrogens is 1. The molecule has 1 atom stereocenters. The highest BCUT2D eigenvalue weighted by Crippen LogP contribution is 2.38. The minimum atomic E-state index is -4.65. The van der Waals surface area contributed by atoms with Crippen LogP contribution in [-0.2, 0) is 19.9 Å². The number of aromatic nitrogens is 2. The molecule has 33 heavy (non-hydrogen) atoms. The lowest BCUT2D eigenvalue weighted by molar-refractivity contribution is 0.291. The molecule has 0 amide bonds. The van der Waals surface area contributed by atoms with E-state index in [1.165, 1.54) is 6.07 Å². The van der Waals surface area contributed by atoms with Crippen LogP contribution in [0.15, 0.2) is 55.3 Å². The third kappa shape index (κ3) is 3.89. The summed E-state index contributed by atoms with van der Waals surface area (Å²) in [5, 5.41) is 21.3. The molecule has 0 aliphatic carbocycles. The minimum absolute atomic E-state index is 0.0720. The Hall–Kier alpha value is -3.24. The van der Waals surface area contributed by atoms with Gasteiger partial charge in [0.05, 0.1) is 28.1 Å². The number of azo groups is 1. The number of anilines is 1. The van der Waals surface area contributed by atoms with E-state index < -0.39 is 48.1 Å². The standard InChI is InChI=1S/C18H20N8O5S2/c19-6-9(7-27)32(28,29)13-5-4-10(11-2-1-3-12-15(11)25-18(20)24-12)14(16(13)33(21,30)31)17-22-8-23-26-17/h1-5,9,27H,6-8,19H2,(H3,20,24,25)(H2,21,30,31)/t9-/m1/s1. The summed E-state index contributed by atoms with van der Waals surface area (Å²) in [4.78, 5) is 9.90. The van der Waals surface area contributed by atoms with Crippen molar-refractivity contribution in [1.82, 2.24) is 9.97 Å². The van der Waals surface area contributed by atoms with Crippen molar-refractivity contribution in [2.75, 3.05) is 25.6 Å². The highest BCUT2D eigenvalue weighted by Gasteiger charge is 2.36. The largest absolute Gasteiger partial charge is 0.395 e. The smallest absolute Gasteiger partial charge is 0.240 e. The monoisotopic (exact) mass is 492 g/mol.